The first-order valence-corrected chi connectivity index (χ1v) is 9.10. The summed E-state index contributed by atoms with van der Waals surface area (Å²) in [4.78, 5) is 23.1. The number of hydrogen-bond acceptors (Lipinski definition) is 6. The van der Waals surface area contributed by atoms with E-state index in [1.54, 1.807) is 0 Å². The van der Waals surface area contributed by atoms with Crippen LogP contribution in [0.2, 0.25) is 0 Å². The molecule has 0 atom stereocenters. The topological polar surface area (TPSA) is 71.1 Å². The van der Waals surface area contributed by atoms with Crippen LogP contribution in [0.5, 0.6) is 0 Å². The maximum Gasteiger partial charge on any atom is 0.308 e. The van der Waals surface area contributed by atoms with Gasteiger partial charge in [0, 0.05) is 0 Å². The second-order valence-corrected chi connectivity index (χ2v) is 5.58. The molecule has 6 heteroatoms. The van der Waals surface area contributed by atoms with E-state index in [1.807, 2.05) is 27.7 Å². The fourth-order valence-electron chi connectivity index (χ4n) is 2.12. The van der Waals surface area contributed by atoms with Gasteiger partial charge in [0.1, 0.15) is 12.7 Å². The number of carbonyl (C=O) groups excluding carboxylic acids is 2. The molecule has 6 nitrogen and oxygen atoms in total. The smallest absolute Gasteiger partial charge is 0.308 e. The summed E-state index contributed by atoms with van der Waals surface area (Å²) in [7, 11) is 0. The lowest BCUT2D eigenvalue weighted by Gasteiger charge is -2.14. The van der Waals surface area contributed by atoms with Gasteiger partial charge in [-0.2, -0.15) is 0 Å². The second-order valence-electron chi connectivity index (χ2n) is 5.58. The molecular weight excluding hydrogens is 312 g/mol. The summed E-state index contributed by atoms with van der Waals surface area (Å²) >= 11 is 0. The predicted molar refractivity (Wildman–Crippen MR) is 91.7 cm³/mol. The molecule has 0 unspecified atom stereocenters. The van der Waals surface area contributed by atoms with Crippen LogP contribution < -0.4 is 0 Å². The molecule has 0 radical (unpaired) electrons. The van der Waals surface area contributed by atoms with Gasteiger partial charge in [-0.25, -0.2) is 0 Å². The molecule has 0 heterocycles. The third-order valence-corrected chi connectivity index (χ3v) is 3.82. The van der Waals surface area contributed by atoms with E-state index in [0.29, 0.717) is 26.4 Å². The van der Waals surface area contributed by atoms with Crippen LogP contribution in [0.4, 0.5) is 0 Å². The predicted octanol–water partition coefficient (Wildman–Crippen LogP) is 3.12. The van der Waals surface area contributed by atoms with Crippen LogP contribution in [0.1, 0.15) is 59.8 Å². The fraction of sp³-hybridized carbons (Fsp3) is 0.889. The van der Waals surface area contributed by atoms with Crippen LogP contribution in [0, 0.1) is 5.92 Å². The van der Waals surface area contributed by atoms with Gasteiger partial charge in [0.15, 0.2) is 0 Å². The van der Waals surface area contributed by atoms with Gasteiger partial charge in [-0.05, 0) is 25.7 Å². The number of rotatable bonds is 15. The summed E-state index contributed by atoms with van der Waals surface area (Å²) in [6.45, 7) is 9.69. The lowest BCUT2D eigenvalue weighted by Crippen LogP contribution is -2.20. The van der Waals surface area contributed by atoms with E-state index in [1.165, 1.54) is 0 Å². The van der Waals surface area contributed by atoms with E-state index in [4.69, 9.17) is 18.9 Å². The molecule has 0 aliphatic heterocycles. The molecule has 0 saturated heterocycles. The van der Waals surface area contributed by atoms with E-state index in [2.05, 4.69) is 0 Å². The fourth-order valence-corrected chi connectivity index (χ4v) is 2.12. The number of esters is 2. The lowest BCUT2D eigenvalue weighted by molar-refractivity contribution is -0.150. The number of ether oxygens (including phenoxy) is 4. The molecule has 0 N–H and O–H groups in total. The summed E-state index contributed by atoms with van der Waals surface area (Å²) in [6.07, 6.45) is 3.51. The van der Waals surface area contributed by atoms with Crippen molar-refractivity contribution >= 4 is 11.9 Å². The highest BCUT2D eigenvalue weighted by Crippen LogP contribution is 2.09. The minimum absolute atomic E-state index is 0.00329. The maximum absolute atomic E-state index is 11.6. The zero-order valence-electron chi connectivity index (χ0n) is 15.7. The Morgan fingerprint density at radius 2 is 1.29 bits per heavy atom. The van der Waals surface area contributed by atoms with Crippen molar-refractivity contribution in [3.8, 4) is 0 Å². The molecule has 0 fully saturated rings. The average Bonchev–Trinajstić information content (AvgIpc) is 2.59. The van der Waals surface area contributed by atoms with Crippen molar-refractivity contribution < 1.29 is 28.5 Å². The maximum atomic E-state index is 11.6. The molecule has 0 aliphatic carbocycles. The Kier molecular flexibility index (Phi) is 14.7. The van der Waals surface area contributed by atoms with E-state index >= 15 is 0 Å². The first kappa shape index (κ1) is 22.9. The van der Waals surface area contributed by atoms with E-state index in [-0.39, 0.29) is 37.0 Å². The molecule has 24 heavy (non-hydrogen) atoms. The molecule has 0 bridgehead atoms. The Morgan fingerprint density at radius 3 is 1.83 bits per heavy atom. The Hall–Kier alpha value is -1.14. The molecule has 0 saturated carbocycles. The van der Waals surface area contributed by atoms with Gasteiger partial charge in [-0.3, -0.25) is 9.59 Å². The molecule has 0 aromatic rings. The normalized spacial score (nSPS) is 11.1. The summed E-state index contributed by atoms with van der Waals surface area (Å²) in [5.74, 6) is -0.401. The van der Waals surface area contributed by atoms with Crippen LogP contribution in [-0.2, 0) is 28.5 Å². The van der Waals surface area contributed by atoms with Crippen molar-refractivity contribution in [1.29, 1.82) is 0 Å². The third-order valence-electron chi connectivity index (χ3n) is 3.82. The van der Waals surface area contributed by atoms with Gasteiger partial charge in [0.25, 0.3) is 0 Å². The van der Waals surface area contributed by atoms with Gasteiger partial charge in [-0.1, -0.05) is 27.7 Å². The van der Waals surface area contributed by atoms with Crippen LogP contribution in [0.3, 0.4) is 0 Å². The molecule has 0 rings (SSSR count). The minimum atomic E-state index is -0.224. The Labute approximate surface area is 146 Å². The molecular formula is C18H34O6. The van der Waals surface area contributed by atoms with Crippen molar-refractivity contribution in [2.45, 2.75) is 65.9 Å². The third kappa shape index (κ3) is 11.4. The second kappa shape index (κ2) is 15.4. The highest BCUT2D eigenvalue weighted by molar-refractivity contribution is 5.72. The summed E-state index contributed by atoms with van der Waals surface area (Å²) in [6, 6.07) is 0. The summed E-state index contributed by atoms with van der Waals surface area (Å²) < 4.78 is 21.0. The Balaban J connectivity index is 3.45. The highest BCUT2D eigenvalue weighted by atomic mass is 16.6. The van der Waals surface area contributed by atoms with Gasteiger partial charge < -0.3 is 18.9 Å². The molecule has 0 spiro atoms. The van der Waals surface area contributed by atoms with Gasteiger partial charge in [-0.15, -0.1) is 0 Å². The first-order valence-electron chi connectivity index (χ1n) is 9.10. The zero-order chi connectivity index (χ0) is 18.2. The average molecular weight is 346 g/mol. The summed E-state index contributed by atoms with van der Waals surface area (Å²) in [5, 5.41) is 0. The summed E-state index contributed by atoms with van der Waals surface area (Å²) in [5.41, 5.74) is 0. The molecule has 0 aliphatic rings. The minimum Gasteiger partial charge on any atom is -0.463 e. The largest absolute Gasteiger partial charge is 0.463 e. The van der Waals surface area contributed by atoms with Crippen molar-refractivity contribution in [1.82, 2.24) is 0 Å². The van der Waals surface area contributed by atoms with Crippen LogP contribution in [0.15, 0.2) is 0 Å². The van der Waals surface area contributed by atoms with E-state index in [0.717, 1.165) is 25.7 Å². The van der Waals surface area contributed by atoms with Crippen LogP contribution in [0.25, 0.3) is 0 Å². The SMILES string of the molecule is CCC(CC)OC(=O)CCOCCOCCOC(=O)C(CC)CC. The number of carbonyl (C=O) groups is 2. The molecule has 0 aromatic carbocycles. The molecule has 142 valence electrons. The number of hydrogen-bond donors (Lipinski definition) is 0. The van der Waals surface area contributed by atoms with Crippen molar-refractivity contribution in [2.75, 3.05) is 33.0 Å². The van der Waals surface area contributed by atoms with Gasteiger partial charge in [0.05, 0.1) is 38.8 Å². The quantitative estimate of drug-likeness (QED) is 0.335. The first-order chi connectivity index (χ1) is 11.6. The highest BCUT2D eigenvalue weighted by Gasteiger charge is 2.15. The standard InChI is InChI=1S/C18H34O6/c1-5-15(6-2)18(20)23-14-13-22-12-11-21-10-9-17(19)24-16(7-3)8-4/h15-16H,5-14H2,1-4H3. The van der Waals surface area contributed by atoms with Crippen molar-refractivity contribution in [3.63, 3.8) is 0 Å². The van der Waals surface area contributed by atoms with Crippen LogP contribution in [-0.4, -0.2) is 51.1 Å². The van der Waals surface area contributed by atoms with Gasteiger partial charge in [0.2, 0.25) is 0 Å². The lowest BCUT2D eigenvalue weighted by atomic mass is 10.0. The van der Waals surface area contributed by atoms with Gasteiger partial charge >= 0.3 is 11.9 Å². The molecule has 0 amide bonds. The monoisotopic (exact) mass is 346 g/mol. The van der Waals surface area contributed by atoms with Crippen molar-refractivity contribution in [3.05, 3.63) is 0 Å². The Bertz CT molecular complexity index is 323. The Morgan fingerprint density at radius 1 is 0.750 bits per heavy atom. The van der Waals surface area contributed by atoms with Crippen molar-refractivity contribution in [2.24, 2.45) is 5.92 Å². The molecule has 0 aromatic heterocycles. The van der Waals surface area contributed by atoms with E-state index < -0.39 is 0 Å². The van der Waals surface area contributed by atoms with E-state index in [9.17, 15) is 9.59 Å². The zero-order valence-corrected chi connectivity index (χ0v) is 15.7. The van der Waals surface area contributed by atoms with Crippen LogP contribution >= 0.6 is 0 Å².